The third kappa shape index (κ3) is 3.19. The number of hydrogen-bond donors (Lipinski definition) is 1. The number of hydrogen-bond acceptors (Lipinski definition) is 2. The topological polar surface area (TPSA) is 38.3 Å². The normalized spacial score (nSPS) is 10.1. The Labute approximate surface area is 121 Å². The number of ether oxygens (including phenoxy) is 1. The van der Waals surface area contributed by atoms with Crippen molar-refractivity contribution in [3.05, 3.63) is 58.1 Å². The van der Waals surface area contributed by atoms with Crippen molar-refractivity contribution in [3.8, 4) is 5.75 Å². The Morgan fingerprint density at radius 2 is 1.74 bits per heavy atom. The lowest BCUT2D eigenvalue weighted by Gasteiger charge is -2.09. The van der Waals surface area contributed by atoms with Crippen LogP contribution in [0.25, 0.3) is 0 Å². The molecule has 0 saturated heterocycles. The highest BCUT2D eigenvalue weighted by molar-refractivity contribution is 6.40. The van der Waals surface area contributed by atoms with Crippen molar-refractivity contribution < 1.29 is 9.53 Å². The summed E-state index contributed by atoms with van der Waals surface area (Å²) < 4.78 is 5.09. The van der Waals surface area contributed by atoms with Gasteiger partial charge in [0.15, 0.2) is 0 Å². The van der Waals surface area contributed by atoms with Crippen molar-refractivity contribution >= 4 is 34.8 Å². The van der Waals surface area contributed by atoms with Crippen LogP contribution in [0.2, 0.25) is 10.0 Å². The summed E-state index contributed by atoms with van der Waals surface area (Å²) in [5.74, 6) is 0.298. The van der Waals surface area contributed by atoms with Gasteiger partial charge in [-0.3, -0.25) is 4.79 Å². The van der Waals surface area contributed by atoms with Crippen molar-refractivity contribution in [2.24, 2.45) is 0 Å². The molecule has 0 atom stereocenters. The molecule has 0 radical (unpaired) electrons. The number of halogens is 2. The van der Waals surface area contributed by atoms with E-state index in [4.69, 9.17) is 27.9 Å². The highest BCUT2D eigenvalue weighted by Crippen LogP contribution is 2.26. The number of rotatable bonds is 3. The summed E-state index contributed by atoms with van der Waals surface area (Å²) >= 11 is 12.0. The molecule has 0 aliphatic heterocycles. The van der Waals surface area contributed by atoms with Gasteiger partial charge in [-0.1, -0.05) is 35.3 Å². The van der Waals surface area contributed by atoms with Gasteiger partial charge in [0.05, 0.1) is 22.7 Å². The Kier molecular flexibility index (Phi) is 4.30. The summed E-state index contributed by atoms with van der Waals surface area (Å²) in [6.07, 6.45) is 0. The second-order valence-electron chi connectivity index (χ2n) is 3.78. The Morgan fingerprint density at radius 1 is 1.11 bits per heavy atom. The fraction of sp³-hybridized carbons (Fsp3) is 0.0714. The van der Waals surface area contributed by atoms with Gasteiger partial charge < -0.3 is 10.1 Å². The molecule has 2 rings (SSSR count). The minimum Gasteiger partial charge on any atom is -0.497 e. The monoisotopic (exact) mass is 295 g/mol. The maximum Gasteiger partial charge on any atom is 0.258 e. The minimum atomic E-state index is -0.358. The average molecular weight is 296 g/mol. The van der Waals surface area contributed by atoms with E-state index >= 15 is 0 Å². The molecular formula is C14H11Cl2NO2. The number of carbonyl (C=O) groups is 1. The van der Waals surface area contributed by atoms with Gasteiger partial charge in [0.1, 0.15) is 5.75 Å². The molecule has 0 spiro atoms. The van der Waals surface area contributed by atoms with Crippen molar-refractivity contribution in [1.82, 2.24) is 0 Å². The first-order valence-corrected chi connectivity index (χ1v) is 6.27. The van der Waals surface area contributed by atoms with Crippen molar-refractivity contribution in [1.29, 1.82) is 0 Å². The summed E-state index contributed by atoms with van der Waals surface area (Å²) in [5, 5.41) is 3.35. The number of nitrogens with one attached hydrogen (secondary N) is 1. The molecule has 98 valence electrons. The third-order valence-corrected chi connectivity index (χ3v) is 3.15. The van der Waals surface area contributed by atoms with E-state index in [1.807, 2.05) is 0 Å². The van der Waals surface area contributed by atoms with Gasteiger partial charge in [0, 0.05) is 11.8 Å². The van der Waals surface area contributed by atoms with Crippen LogP contribution in [0.3, 0.4) is 0 Å². The zero-order chi connectivity index (χ0) is 13.8. The molecule has 2 aromatic carbocycles. The van der Waals surface area contributed by atoms with E-state index < -0.39 is 0 Å². The summed E-state index contributed by atoms with van der Waals surface area (Å²) in [6, 6.07) is 12.0. The van der Waals surface area contributed by atoms with Gasteiger partial charge in [-0.2, -0.15) is 0 Å². The Morgan fingerprint density at radius 3 is 2.37 bits per heavy atom. The Bertz CT molecular complexity index is 594. The van der Waals surface area contributed by atoms with Crippen LogP contribution in [-0.4, -0.2) is 13.0 Å². The summed E-state index contributed by atoms with van der Waals surface area (Å²) in [4.78, 5) is 12.1. The molecule has 5 heteroatoms. The minimum absolute atomic E-state index is 0.258. The van der Waals surface area contributed by atoms with E-state index in [0.29, 0.717) is 21.5 Å². The van der Waals surface area contributed by atoms with Gasteiger partial charge in [0.2, 0.25) is 0 Å². The molecule has 1 N–H and O–H groups in total. The maximum absolute atomic E-state index is 12.1. The lowest BCUT2D eigenvalue weighted by Crippen LogP contribution is -2.13. The van der Waals surface area contributed by atoms with Gasteiger partial charge in [-0.15, -0.1) is 0 Å². The second-order valence-corrected chi connectivity index (χ2v) is 4.60. The van der Waals surface area contributed by atoms with Gasteiger partial charge in [-0.05, 0) is 24.3 Å². The zero-order valence-corrected chi connectivity index (χ0v) is 11.6. The standard InChI is InChI=1S/C14H11Cl2NO2/c1-19-10-5-2-4-9(8-10)17-14(18)13-11(15)6-3-7-12(13)16/h2-8H,1H3,(H,17,18). The lowest BCUT2D eigenvalue weighted by atomic mass is 10.2. The van der Waals surface area contributed by atoms with Crippen LogP contribution in [0.5, 0.6) is 5.75 Å². The van der Waals surface area contributed by atoms with Gasteiger partial charge >= 0.3 is 0 Å². The van der Waals surface area contributed by atoms with Crippen molar-refractivity contribution in [2.75, 3.05) is 12.4 Å². The summed E-state index contributed by atoms with van der Waals surface area (Å²) in [5.41, 5.74) is 0.869. The van der Waals surface area contributed by atoms with Crippen molar-refractivity contribution in [3.63, 3.8) is 0 Å². The van der Waals surface area contributed by atoms with Crippen LogP contribution in [0.1, 0.15) is 10.4 Å². The molecule has 1 amide bonds. The zero-order valence-electron chi connectivity index (χ0n) is 10.1. The van der Waals surface area contributed by atoms with E-state index in [-0.39, 0.29) is 11.5 Å². The van der Waals surface area contributed by atoms with Crippen molar-refractivity contribution in [2.45, 2.75) is 0 Å². The number of anilines is 1. The Balaban J connectivity index is 2.26. The van der Waals surface area contributed by atoms with Crippen LogP contribution >= 0.6 is 23.2 Å². The third-order valence-electron chi connectivity index (χ3n) is 2.52. The highest BCUT2D eigenvalue weighted by Gasteiger charge is 2.14. The quantitative estimate of drug-likeness (QED) is 0.919. The van der Waals surface area contributed by atoms with E-state index in [1.54, 1.807) is 49.6 Å². The molecule has 2 aromatic rings. The first-order valence-electron chi connectivity index (χ1n) is 5.51. The number of carbonyl (C=O) groups excluding carboxylic acids is 1. The molecule has 0 aromatic heterocycles. The first kappa shape index (κ1) is 13.7. The molecule has 0 saturated carbocycles. The van der Waals surface area contributed by atoms with E-state index in [0.717, 1.165) is 0 Å². The van der Waals surface area contributed by atoms with Gasteiger partial charge in [0.25, 0.3) is 5.91 Å². The number of methoxy groups -OCH3 is 1. The number of amides is 1. The van der Waals surface area contributed by atoms with Crippen LogP contribution in [0, 0.1) is 0 Å². The molecular weight excluding hydrogens is 285 g/mol. The SMILES string of the molecule is COc1cccc(NC(=O)c2c(Cl)cccc2Cl)c1. The van der Waals surface area contributed by atoms with E-state index in [1.165, 1.54) is 0 Å². The fourth-order valence-corrected chi connectivity index (χ4v) is 2.18. The molecule has 0 heterocycles. The average Bonchev–Trinajstić information content (AvgIpc) is 2.38. The highest BCUT2D eigenvalue weighted by atomic mass is 35.5. The largest absolute Gasteiger partial charge is 0.497 e. The first-order chi connectivity index (χ1) is 9.11. The summed E-state index contributed by atoms with van der Waals surface area (Å²) in [6.45, 7) is 0. The van der Waals surface area contributed by atoms with Gasteiger partial charge in [-0.25, -0.2) is 0 Å². The fourth-order valence-electron chi connectivity index (χ4n) is 1.61. The van der Waals surface area contributed by atoms with Crippen LogP contribution in [-0.2, 0) is 0 Å². The molecule has 0 bridgehead atoms. The molecule has 0 aliphatic rings. The molecule has 19 heavy (non-hydrogen) atoms. The molecule has 0 fully saturated rings. The smallest absolute Gasteiger partial charge is 0.258 e. The Hall–Kier alpha value is -1.71. The van der Waals surface area contributed by atoms with E-state index in [2.05, 4.69) is 5.32 Å². The van der Waals surface area contributed by atoms with E-state index in [9.17, 15) is 4.79 Å². The predicted molar refractivity (Wildman–Crippen MR) is 77.4 cm³/mol. The van der Waals surface area contributed by atoms with Crippen LogP contribution < -0.4 is 10.1 Å². The molecule has 0 aliphatic carbocycles. The maximum atomic E-state index is 12.1. The number of benzene rings is 2. The predicted octanol–water partition coefficient (Wildman–Crippen LogP) is 4.25. The summed E-state index contributed by atoms with van der Waals surface area (Å²) in [7, 11) is 1.56. The molecule has 0 unspecified atom stereocenters. The van der Waals surface area contributed by atoms with Crippen LogP contribution in [0.4, 0.5) is 5.69 Å². The second kappa shape index (κ2) is 5.95. The molecule has 3 nitrogen and oxygen atoms in total. The van der Waals surface area contributed by atoms with Crippen LogP contribution in [0.15, 0.2) is 42.5 Å². The lowest BCUT2D eigenvalue weighted by molar-refractivity contribution is 0.102.